The van der Waals surface area contributed by atoms with Gasteiger partial charge in [0.25, 0.3) is 0 Å². The third-order valence-electron chi connectivity index (χ3n) is 5.50. The third kappa shape index (κ3) is 7.85. The van der Waals surface area contributed by atoms with Crippen molar-refractivity contribution in [1.82, 2.24) is 0 Å². The summed E-state index contributed by atoms with van der Waals surface area (Å²) in [4.78, 5) is 36.8. The molecule has 0 amide bonds. The van der Waals surface area contributed by atoms with Crippen molar-refractivity contribution >= 4 is 17.5 Å². The van der Waals surface area contributed by atoms with Crippen LogP contribution in [0.5, 0.6) is 0 Å². The highest BCUT2D eigenvalue weighted by atomic mass is 19.1. The normalized spacial score (nSPS) is 24.1. The van der Waals surface area contributed by atoms with Gasteiger partial charge in [0.1, 0.15) is 12.5 Å². The molecule has 0 aromatic carbocycles. The predicted molar refractivity (Wildman–Crippen MR) is 117 cm³/mol. The van der Waals surface area contributed by atoms with E-state index in [0.717, 1.165) is 18.4 Å². The maximum Gasteiger partial charge on any atom is 0.335 e. The predicted octanol–water partition coefficient (Wildman–Crippen LogP) is 5.84. The van der Waals surface area contributed by atoms with E-state index < -0.39 is 24.0 Å². The summed E-state index contributed by atoms with van der Waals surface area (Å²) in [6, 6.07) is 0. The van der Waals surface area contributed by atoms with Crippen LogP contribution in [0.1, 0.15) is 67.2 Å². The van der Waals surface area contributed by atoms with Gasteiger partial charge in [-0.05, 0) is 71.3 Å². The lowest BCUT2D eigenvalue weighted by Gasteiger charge is -2.38. The van der Waals surface area contributed by atoms with Crippen LogP contribution in [0.3, 0.4) is 0 Å². The second-order valence-electron chi connectivity index (χ2n) is 8.93. The summed E-state index contributed by atoms with van der Waals surface area (Å²) < 4.78 is 18.7. The molecule has 0 radical (unpaired) electrons. The van der Waals surface area contributed by atoms with Gasteiger partial charge in [0.15, 0.2) is 5.78 Å². The first kappa shape index (κ1) is 25.7. The number of ketones is 2. The average molecular weight is 419 g/mol. The molecule has 0 unspecified atom stereocenters. The van der Waals surface area contributed by atoms with E-state index in [1.54, 1.807) is 26.0 Å². The molecule has 1 aliphatic carbocycles. The summed E-state index contributed by atoms with van der Waals surface area (Å²) >= 11 is 0. The number of Topliss-reactive ketones (excluding diaryl/α,β-unsaturated/α-hetero) is 2. The number of allylic oxidation sites excluding steroid dienone is 6. The SMILES string of the molecule is CC(=O)C[C@@H]1C(=O)C(CF)=CC[C@](C)(CCC=C(C)C)[C@H]1/C=C/OC(=O)C=C(C)C. The van der Waals surface area contributed by atoms with Gasteiger partial charge in [-0.3, -0.25) is 4.79 Å². The van der Waals surface area contributed by atoms with Crippen molar-refractivity contribution in [2.75, 3.05) is 6.67 Å². The molecule has 3 atom stereocenters. The average Bonchev–Trinajstić information content (AvgIpc) is 2.71. The number of hydrogen-bond donors (Lipinski definition) is 0. The summed E-state index contributed by atoms with van der Waals surface area (Å²) in [6.45, 7) is 10.3. The number of ether oxygens (including phenoxy) is 1. The molecule has 1 aliphatic rings. The Morgan fingerprint density at radius 2 is 1.87 bits per heavy atom. The van der Waals surface area contributed by atoms with Crippen molar-refractivity contribution in [2.45, 2.75) is 67.2 Å². The third-order valence-corrected chi connectivity index (χ3v) is 5.50. The van der Waals surface area contributed by atoms with Gasteiger partial charge in [0.05, 0.1) is 6.26 Å². The number of alkyl halides is 1. The Morgan fingerprint density at radius 1 is 1.20 bits per heavy atom. The van der Waals surface area contributed by atoms with Crippen LogP contribution >= 0.6 is 0 Å². The van der Waals surface area contributed by atoms with Gasteiger partial charge in [-0.15, -0.1) is 0 Å². The molecule has 0 bridgehead atoms. The fraction of sp³-hybridized carbons (Fsp3) is 0.560. The van der Waals surface area contributed by atoms with E-state index in [9.17, 15) is 18.8 Å². The van der Waals surface area contributed by atoms with Crippen LogP contribution in [0.4, 0.5) is 4.39 Å². The van der Waals surface area contributed by atoms with Crippen LogP contribution in [-0.4, -0.2) is 24.2 Å². The number of carbonyl (C=O) groups excluding carboxylic acids is 3. The Balaban J connectivity index is 3.33. The monoisotopic (exact) mass is 418 g/mol. The van der Waals surface area contributed by atoms with Crippen LogP contribution in [0.25, 0.3) is 0 Å². The van der Waals surface area contributed by atoms with E-state index in [1.807, 2.05) is 13.8 Å². The minimum absolute atomic E-state index is 0.0331. The zero-order valence-corrected chi connectivity index (χ0v) is 19.1. The molecule has 0 heterocycles. The van der Waals surface area contributed by atoms with Crippen LogP contribution in [-0.2, 0) is 19.1 Å². The second-order valence-corrected chi connectivity index (χ2v) is 8.93. The van der Waals surface area contributed by atoms with Crippen molar-refractivity contribution in [2.24, 2.45) is 17.3 Å². The molecule has 0 aromatic rings. The van der Waals surface area contributed by atoms with Gasteiger partial charge in [-0.2, -0.15) is 0 Å². The molecule has 0 saturated heterocycles. The lowest BCUT2D eigenvalue weighted by Crippen LogP contribution is -2.35. The molecule has 0 aromatic heterocycles. The highest BCUT2D eigenvalue weighted by Crippen LogP contribution is 2.46. The zero-order chi connectivity index (χ0) is 22.9. The Labute approximate surface area is 179 Å². The van der Waals surface area contributed by atoms with Crippen LogP contribution < -0.4 is 0 Å². The van der Waals surface area contributed by atoms with Crippen LogP contribution in [0.2, 0.25) is 0 Å². The molecule has 166 valence electrons. The van der Waals surface area contributed by atoms with Gasteiger partial charge in [0.2, 0.25) is 0 Å². The quantitative estimate of drug-likeness (QED) is 0.204. The Morgan fingerprint density at radius 3 is 2.40 bits per heavy atom. The number of esters is 1. The smallest absolute Gasteiger partial charge is 0.335 e. The molecule has 0 N–H and O–H groups in total. The van der Waals surface area contributed by atoms with Crippen LogP contribution in [0, 0.1) is 17.3 Å². The molecule has 0 spiro atoms. The van der Waals surface area contributed by atoms with Crippen molar-refractivity contribution in [3.63, 3.8) is 0 Å². The summed E-state index contributed by atoms with van der Waals surface area (Å²) in [6.07, 6.45) is 10.3. The molecule has 0 saturated carbocycles. The summed E-state index contributed by atoms with van der Waals surface area (Å²) in [7, 11) is 0. The Hall–Kier alpha value is -2.30. The maximum atomic E-state index is 13.6. The second kappa shape index (κ2) is 11.8. The van der Waals surface area contributed by atoms with E-state index in [1.165, 1.54) is 24.8 Å². The van der Waals surface area contributed by atoms with Crippen LogP contribution in [0.15, 0.2) is 47.3 Å². The van der Waals surface area contributed by atoms with Gasteiger partial charge >= 0.3 is 5.97 Å². The van der Waals surface area contributed by atoms with Gasteiger partial charge in [-0.1, -0.05) is 30.2 Å². The van der Waals surface area contributed by atoms with Crippen molar-refractivity contribution in [3.8, 4) is 0 Å². The summed E-state index contributed by atoms with van der Waals surface area (Å²) in [5, 5.41) is 0. The van der Waals surface area contributed by atoms with Gasteiger partial charge in [0, 0.05) is 24.0 Å². The highest BCUT2D eigenvalue weighted by molar-refractivity contribution is 6.00. The maximum absolute atomic E-state index is 13.6. The van der Waals surface area contributed by atoms with Crippen molar-refractivity contribution < 1.29 is 23.5 Å². The van der Waals surface area contributed by atoms with E-state index in [0.29, 0.717) is 6.42 Å². The number of halogens is 1. The topological polar surface area (TPSA) is 60.4 Å². The molecule has 0 aliphatic heterocycles. The van der Waals surface area contributed by atoms with Gasteiger partial charge in [-0.25, -0.2) is 9.18 Å². The summed E-state index contributed by atoms with van der Waals surface area (Å²) in [5.74, 6) is -1.99. The standard InChI is InChI=1S/C25H35FO4/c1-17(2)8-7-11-25(6)12-9-20(16-26)24(29)21(15-19(5)27)22(25)10-13-30-23(28)14-18(3)4/h8-10,13-14,21-22H,7,11-12,15-16H2,1-6H3/b13-10+/t21-,22-,25-/m0/s1. The lowest BCUT2D eigenvalue weighted by molar-refractivity contribution is -0.132. The van der Waals surface area contributed by atoms with Gasteiger partial charge < -0.3 is 9.53 Å². The zero-order valence-electron chi connectivity index (χ0n) is 19.1. The molecule has 5 heteroatoms. The van der Waals surface area contributed by atoms with Crippen molar-refractivity contribution in [3.05, 3.63) is 47.3 Å². The minimum Gasteiger partial charge on any atom is -0.432 e. The molecule has 1 rings (SSSR count). The Kier molecular flexibility index (Phi) is 10.1. The Bertz CT molecular complexity index is 764. The number of hydrogen-bond acceptors (Lipinski definition) is 4. The first-order chi connectivity index (χ1) is 14.0. The van der Waals surface area contributed by atoms with E-state index in [-0.39, 0.29) is 29.5 Å². The molecular formula is C25H35FO4. The van der Waals surface area contributed by atoms with E-state index in [4.69, 9.17) is 4.74 Å². The molecule has 30 heavy (non-hydrogen) atoms. The summed E-state index contributed by atoms with van der Waals surface area (Å²) in [5.41, 5.74) is 1.76. The van der Waals surface area contributed by atoms with Crippen molar-refractivity contribution in [1.29, 1.82) is 0 Å². The molecule has 0 fully saturated rings. The highest BCUT2D eigenvalue weighted by Gasteiger charge is 2.43. The van der Waals surface area contributed by atoms with E-state index >= 15 is 0 Å². The lowest BCUT2D eigenvalue weighted by atomic mass is 9.65. The van der Waals surface area contributed by atoms with E-state index in [2.05, 4.69) is 13.0 Å². The molecular weight excluding hydrogens is 383 g/mol. The first-order valence-electron chi connectivity index (χ1n) is 10.4. The fourth-order valence-electron chi connectivity index (χ4n) is 3.92. The minimum atomic E-state index is -0.844. The first-order valence-corrected chi connectivity index (χ1v) is 10.4. The fourth-order valence-corrected chi connectivity index (χ4v) is 3.92. The number of rotatable bonds is 9. The largest absolute Gasteiger partial charge is 0.432 e. The molecule has 4 nitrogen and oxygen atoms in total. The number of carbonyl (C=O) groups is 3.